The first-order valence-electron chi connectivity index (χ1n) is 8.48. The molecule has 1 saturated heterocycles. The third-order valence-electron chi connectivity index (χ3n) is 4.76. The van der Waals surface area contributed by atoms with Crippen molar-refractivity contribution in [1.82, 2.24) is 4.98 Å². The maximum absolute atomic E-state index is 9.17. The fourth-order valence-corrected chi connectivity index (χ4v) is 3.51. The fourth-order valence-electron chi connectivity index (χ4n) is 3.51. The van der Waals surface area contributed by atoms with Crippen molar-refractivity contribution in [3.8, 4) is 17.2 Å². The Kier molecular flexibility index (Phi) is 3.88. The molecule has 0 amide bonds. The molecule has 24 heavy (non-hydrogen) atoms. The number of nitriles is 1. The van der Waals surface area contributed by atoms with Crippen LogP contribution in [0.15, 0.2) is 54.9 Å². The van der Waals surface area contributed by atoms with Crippen LogP contribution in [0.25, 0.3) is 21.9 Å². The van der Waals surface area contributed by atoms with Gasteiger partial charge in [0.05, 0.1) is 11.6 Å². The molecule has 0 aliphatic carbocycles. The smallest absolute Gasteiger partial charge is 0.0991 e. The summed E-state index contributed by atoms with van der Waals surface area (Å²) in [5, 5.41) is 11.6. The van der Waals surface area contributed by atoms with Gasteiger partial charge in [0.2, 0.25) is 0 Å². The van der Waals surface area contributed by atoms with Gasteiger partial charge in [-0.05, 0) is 66.1 Å². The average molecular weight is 313 g/mol. The first kappa shape index (κ1) is 14.7. The maximum atomic E-state index is 9.17. The lowest BCUT2D eigenvalue weighted by Crippen LogP contribution is -2.29. The number of anilines is 1. The van der Waals surface area contributed by atoms with Gasteiger partial charge in [0.25, 0.3) is 0 Å². The van der Waals surface area contributed by atoms with Crippen molar-refractivity contribution in [2.45, 2.75) is 19.3 Å². The molecule has 1 aliphatic rings. The zero-order chi connectivity index (χ0) is 16.4. The Bertz CT molecular complexity index is 918. The minimum Gasteiger partial charge on any atom is -0.371 e. The Morgan fingerprint density at radius 2 is 1.83 bits per heavy atom. The number of hydrogen-bond acceptors (Lipinski definition) is 3. The van der Waals surface area contributed by atoms with E-state index < -0.39 is 0 Å². The molecule has 0 N–H and O–H groups in total. The molecule has 0 radical (unpaired) electrons. The van der Waals surface area contributed by atoms with E-state index in [1.54, 1.807) is 0 Å². The van der Waals surface area contributed by atoms with E-state index in [0.29, 0.717) is 5.56 Å². The number of aromatic nitrogens is 1. The van der Waals surface area contributed by atoms with Crippen LogP contribution in [0.3, 0.4) is 0 Å². The molecule has 1 fully saturated rings. The van der Waals surface area contributed by atoms with Gasteiger partial charge >= 0.3 is 0 Å². The Morgan fingerprint density at radius 3 is 2.67 bits per heavy atom. The number of nitrogens with zero attached hydrogens (tertiary/aromatic N) is 3. The van der Waals surface area contributed by atoms with Crippen LogP contribution in [0.1, 0.15) is 24.8 Å². The minimum atomic E-state index is 0.696. The first-order valence-corrected chi connectivity index (χ1v) is 8.48. The SMILES string of the molecule is N#Cc1cccc(-c2cc(N3CCCCC3)c3cnccc3c2)c1. The summed E-state index contributed by atoms with van der Waals surface area (Å²) in [6.45, 7) is 2.21. The van der Waals surface area contributed by atoms with Crippen molar-refractivity contribution in [2.75, 3.05) is 18.0 Å². The third kappa shape index (κ3) is 2.72. The van der Waals surface area contributed by atoms with E-state index in [4.69, 9.17) is 0 Å². The predicted octanol–water partition coefficient (Wildman–Crippen LogP) is 4.76. The zero-order valence-electron chi connectivity index (χ0n) is 13.6. The normalized spacial score (nSPS) is 14.5. The van der Waals surface area contributed by atoms with Crippen LogP contribution in [-0.4, -0.2) is 18.1 Å². The van der Waals surface area contributed by atoms with Crippen molar-refractivity contribution in [1.29, 1.82) is 5.26 Å². The summed E-state index contributed by atoms with van der Waals surface area (Å²) in [7, 11) is 0. The largest absolute Gasteiger partial charge is 0.371 e. The Balaban J connectivity index is 1.89. The molecule has 0 unspecified atom stereocenters. The molecule has 0 atom stereocenters. The fraction of sp³-hybridized carbons (Fsp3) is 0.238. The Labute approximate surface area is 142 Å². The molecule has 118 valence electrons. The minimum absolute atomic E-state index is 0.696. The van der Waals surface area contributed by atoms with Gasteiger partial charge in [0.15, 0.2) is 0 Å². The van der Waals surface area contributed by atoms with Crippen molar-refractivity contribution in [2.24, 2.45) is 0 Å². The molecular formula is C21H19N3. The van der Waals surface area contributed by atoms with E-state index >= 15 is 0 Å². The van der Waals surface area contributed by atoms with Crippen LogP contribution < -0.4 is 4.90 Å². The van der Waals surface area contributed by atoms with E-state index in [2.05, 4.69) is 40.2 Å². The van der Waals surface area contributed by atoms with Gasteiger partial charge in [-0.3, -0.25) is 4.98 Å². The highest BCUT2D eigenvalue weighted by Crippen LogP contribution is 2.34. The van der Waals surface area contributed by atoms with Crippen LogP contribution >= 0.6 is 0 Å². The van der Waals surface area contributed by atoms with Crippen LogP contribution in [0.2, 0.25) is 0 Å². The highest BCUT2D eigenvalue weighted by Gasteiger charge is 2.15. The maximum Gasteiger partial charge on any atom is 0.0991 e. The van der Waals surface area contributed by atoms with Crippen molar-refractivity contribution >= 4 is 16.5 Å². The molecule has 0 spiro atoms. The average Bonchev–Trinajstić information content (AvgIpc) is 2.68. The summed E-state index contributed by atoms with van der Waals surface area (Å²) in [5.74, 6) is 0. The quantitative estimate of drug-likeness (QED) is 0.684. The summed E-state index contributed by atoms with van der Waals surface area (Å²) in [5.41, 5.74) is 4.21. The van der Waals surface area contributed by atoms with Gasteiger partial charge in [-0.1, -0.05) is 12.1 Å². The van der Waals surface area contributed by atoms with E-state index in [1.807, 2.05) is 30.6 Å². The summed E-state index contributed by atoms with van der Waals surface area (Å²) >= 11 is 0. The molecule has 3 aromatic rings. The standard InChI is InChI=1S/C21H19N3/c22-14-16-5-4-6-17(11-16)19-12-18-7-8-23-15-20(18)21(13-19)24-9-2-1-3-10-24/h4-8,11-13,15H,1-3,9-10H2. The van der Waals surface area contributed by atoms with Gasteiger partial charge in [-0.2, -0.15) is 5.26 Å². The molecule has 0 saturated carbocycles. The zero-order valence-corrected chi connectivity index (χ0v) is 13.6. The summed E-state index contributed by atoms with van der Waals surface area (Å²) in [6, 6.07) is 16.6. The molecule has 1 aliphatic heterocycles. The summed E-state index contributed by atoms with van der Waals surface area (Å²) in [4.78, 5) is 6.81. The van der Waals surface area contributed by atoms with Gasteiger partial charge in [-0.15, -0.1) is 0 Å². The molecule has 0 bridgehead atoms. The lowest BCUT2D eigenvalue weighted by molar-refractivity contribution is 0.579. The van der Waals surface area contributed by atoms with Gasteiger partial charge in [0.1, 0.15) is 0 Å². The Morgan fingerprint density at radius 1 is 0.958 bits per heavy atom. The van der Waals surface area contributed by atoms with Crippen LogP contribution in [0.5, 0.6) is 0 Å². The van der Waals surface area contributed by atoms with Crippen molar-refractivity contribution < 1.29 is 0 Å². The second-order valence-corrected chi connectivity index (χ2v) is 6.33. The second kappa shape index (κ2) is 6.33. The molecule has 4 rings (SSSR count). The highest BCUT2D eigenvalue weighted by molar-refractivity contribution is 5.97. The van der Waals surface area contributed by atoms with Gasteiger partial charge in [0, 0.05) is 36.6 Å². The highest BCUT2D eigenvalue weighted by atomic mass is 15.1. The van der Waals surface area contributed by atoms with E-state index in [9.17, 15) is 5.26 Å². The number of pyridine rings is 1. The lowest BCUT2D eigenvalue weighted by atomic mass is 9.98. The number of fused-ring (bicyclic) bond motifs is 1. The lowest BCUT2D eigenvalue weighted by Gasteiger charge is -2.30. The number of rotatable bonds is 2. The number of benzene rings is 2. The van der Waals surface area contributed by atoms with Crippen LogP contribution in [0, 0.1) is 11.3 Å². The number of hydrogen-bond donors (Lipinski definition) is 0. The van der Waals surface area contributed by atoms with Crippen LogP contribution in [-0.2, 0) is 0 Å². The molecule has 3 heteroatoms. The van der Waals surface area contributed by atoms with E-state index in [0.717, 1.165) is 24.2 Å². The van der Waals surface area contributed by atoms with Gasteiger partial charge in [-0.25, -0.2) is 0 Å². The van der Waals surface area contributed by atoms with E-state index in [-0.39, 0.29) is 0 Å². The molecule has 2 aromatic carbocycles. The Hall–Kier alpha value is -2.86. The molecule has 2 heterocycles. The summed E-state index contributed by atoms with van der Waals surface area (Å²) in [6.07, 6.45) is 7.62. The molecule has 3 nitrogen and oxygen atoms in total. The summed E-state index contributed by atoms with van der Waals surface area (Å²) < 4.78 is 0. The molecular weight excluding hydrogens is 294 g/mol. The van der Waals surface area contributed by atoms with Crippen molar-refractivity contribution in [3.05, 3.63) is 60.4 Å². The monoisotopic (exact) mass is 313 g/mol. The molecule has 1 aromatic heterocycles. The van der Waals surface area contributed by atoms with Crippen molar-refractivity contribution in [3.63, 3.8) is 0 Å². The second-order valence-electron chi connectivity index (χ2n) is 6.33. The topological polar surface area (TPSA) is 39.9 Å². The first-order chi connectivity index (χ1) is 11.8. The third-order valence-corrected chi connectivity index (χ3v) is 4.76. The van der Waals surface area contributed by atoms with Crippen LogP contribution in [0.4, 0.5) is 5.69 Å². The predicted molar refractivity (Wildman–Crippen MR) is 98.0 cm³/mol. The number of piperidine rings is 1. The van der Waals surface area contributed by atoms with E-state index in [1.165, 1.54) is 35.7 Å². The van der Waals surface area contributed by atoms with Gasteiger partial charge < -0.3 is 4.90 Å².